The molecule has 6 heteroatoms. The second-order valence-corrected chi connectivity index (χ2v) is 8.24. The minimum absolute atomic E-state index is 0.0236. The number of para-hydroxylation sites is 1. The Hall–Kier alpha value is -3.12. The average molecular weight is 421 g/mol. The Bertz CT molecular complexity index is 1110. The molecule has 0 saturated heterocycles. The summed E-state index contributed by atoms with van der Waals surface area (Å²) in [5.41, 5.74) is 7.98. The van der Waals surface area contributed by atoms with E-state index >= 15 is 0 Å². The fourth-order valence-electron chi connectivity index (χ4n) is 3.37. The summed E-state index contributed by atoms with van der Waals surface area (Å²) in [4.78, 5) is 14.4. The van der Waals surface area contributed by atoms with Crippen LogP contribution in [0.2, 0.25) is 0 Å². The molecule has 0 unspecified atom stereocenters. The lowest BCUT2D eigenvalue weighted by Gasteiger charge is -2.19. The molecular formula is C24H28N4OS. The van der Waals surface area contributed by atoms with Gasteiger partial charge in [0.1, 0.15) is 5.69 Å². The van der Waals surface area contributed by atoms with Gasteiger partial charge in [-0.25, -0.2) is 0 Å². The van der Waals surface area contributed by atoms with Crippen LogP contribution in [0, 0.1) is 13.8 Å². The fourth-order valence-corrected chi connectivity index (χ4v) is 3.72. The lowest BCUT2D eigenvalue weighted by atomic mass is 10.0. The van der Waals surface area contributed by atoms with Crippen molar-refractivity contribution in [1.29, 1.82) is 0 Å². The molecule has 2 aromatic carbocycles. The van der Waals surface area contributed by atoms with Gasteiger partial charge in [0.25, 0.3) is 5.56 Å². The number of aryl methyl sites for hydroxylation is 3. The van der Waals surface area contributed by atoms with E-state index in [1.54, 1.807) is 17.0 Å². The van der Waals surface area contributed by atoms with Crippen molar-refractivity contribution in [3.8, 4) is 11.1 Å². The maximum Gasteiger partial charge on any atom is 0.273 e. The summed E-state index contributed by atoms with van der Waals surface area (Å²) in [6.45, 7) is 7.94. The molecule has 156 valence electrons. The monoisotopic (exact) mass is 420 g/mol. The number of hydrogen-bond donors (Lipinski definition) is 2. The molecule has 5 nitrogen and oxygen atoms in total. The first-order valence-electron chi connectivity index (χ1n) is 9.70. The van der Waals surface area contributed by atoms with Crippen LogP contribution in [0.3, 0.4) is 0 Å². The van der Waals surface area contributed by atoms with Crippen LogP contribution in [0.5, 0.6) is 0 Å². The van der Waals surface area contributed by atoms with Crippen molar-refractivity contribution in [2.45, 2.75) is 13.8 Å². The van der Waals surface area contributed by atoms with Gasteiger partial charge in [-0.1, -0.05) is 24.8 Å². The van der Waals surface area contributed by atoms with E-state index in [0.717, 1.165) is 28.2 Å². The smallest absolute Gasteiger partial charge is 0.273 e. The van der Waals surface area contributed by atoms with Gasteiger partial charge in [-0.3, -0.25) is 4.79 Å². The summed E-state index contributed by atoms with van der Waals surface area (Å²) < 4.78 is 4.90. The molecule has 0 bridgehead atoms. The second-order valence-electron chi connectivity index (χ2n) is 7.46. The van der Waals surface area contributed by atoms with E-state index in [1.165, 1.54) is 23.1 Å². The summed E-state index contributed by atoms with van der Waals surface area (Å²) in [7, 11) is 5.55. The Morgan fingerprint density at radius 3 is 2.43 bits per heavy atom. The number of nitrogens with zero attached hydrogens (tertiary/aromatic N) is 2. The second kappa shape index (κ2) is 9.13. The molecule has 2 N–H and O–H groups in total. The summed E-state index contributed by atoms with van der Waals surface area (Å²) in [5.74, 6) is 0. The summed E-state index contributed by atoms with van der Waals surface area (Å²) in [5, 5.41) is 5.37. The van der Waals surface area contributed by atoms with Gasteiger partial charge in [-0.2, -0.15) is 0 Å². The number of pyridine rings is 1. The molecule has 0 aliphatic heterocycles. The molecule has 3 aromatic rings. The molecule has 0 aliphatic rings. The minimum Gasteiger partial charge on any atom is -0.373 e. The topological polar surface area (TPSA) is 49.3 Å². The van der Waals surface area contributed by atoms with Crippen LogP contribution in [0.1, 0.15) is 11.1 Å². The average Bonchev–Trinajstić information content (AvgIpc) is 2.71. The number of hydrogen-bond acceptors (Lipinski definition) is 5. The number of anilines is 4. The zero-order valence-electron chi connectivity index (χ0n) is 18.1. The number of rotatable bonds is 7. The van der Waals surface area contributed by atoms with Crippen LogP contribution in [0.25, 0.3) is 11.1 Å². The highest BCUT2D eigenvalue weighted by molar-refractivity contribution is 8.03. The predicted octanol–water partition coefficient (Wildman–Crippen LogP) is 5.68. The number of nitrogens with one attached hydrogen (secondary N) is 2. The maximum absolute atomic E-state index is 12.5. The first kappa shape index (κ1) is 21.6. The Labute approximate surface area is 182 Å². The first-order chi connectivity index (χ1) is 14.3. The third-order valence-electron chi connectivity index (χ3n) is 4.98. The fraction of sp³-hybridized carbons (Fsp3) is 0.208. The number of aromatic nitrogens is 1. The Morgan fingerprint density at radius 1 is 1.10 bits per heavy atom. The van der Waals surface area contributed by atoms with Crippen LogP contribution in [-0.4, -0.2) is 18.7 Å². The van der Waals surface area contributed by atoms with Crippen molar-refractivity contribution in [1.82, 2.24) is 4.57 Å². The normalized spacial score (nSPS) is 10.6. The van der Waals surface area contributed by atoms with E-state index in [0.29, 0.717) is 5.69 Å². The molecular weight excluding hydrogens is 392 g/mol. The van der Waals surface area contributed by atoms with Gasteiger partial charge in [0, 0.05) is 55.5 Å². The molecule has 1 aromatic heterocycles. The van der Waals surface area contributed by atoms with Gasteiger partial charge in [0.05, 0.1) is 0 Å². The number of benzene rings is 2. The maximum atomic E-state index is 12.5. The van der Waals surface area contributed by atoms with Crippen LogP contribution in [0.4, 0.5) is 22.7 Å². The van der Waals surface area contributed by atoms with E-state index in [1.807, 2.05) is 37.3 Å². The molecule has 0 aliphatic carbocycles. The third-order valence-corrected chi connectivity index (χ3v) is 5.50. The summed E-state index contributed by atoms with van der Waals surface area (Å²) in [6.07, 6.45) is 1.88. The Balaban J connectivity index is 2.18. The van der Waals surface area contributed by atoms with Gasteiger partial charge >= 0.3 is 0 Å². The van der Waals surface area contributed by atoms with E-state index in [-0.39, 0.29) is 5.56 Å². The van der Waals surface area contributed by atoms with Crippen LogP contribution in [-0.2, 0) is 7.05 Å². The summed E-state index contributed by atoms with van der Waals surface area (Å²) in [6, 6.07) is 14.4. The molecule has 3 rings (SSSR count). The van der Waals surface area contributed by atoms with Crippen molar-refractivity contribution in [3.63, 3.8) is 0 Å². The highest BCUT2D eigenvalue weighted by atomic mass is 32.2. The van der Waals surface area contributed by atoms with Crippen LogP contribution >= 0.6 is 11.9 Å². The molecule has 0 fully saturated rings. The molecule has 0 spiro atoms. The third kappa shape index (κ3) is 4.54. The van der Waals surface area contributed by atoms with E-state index < -0.39 is 0 Å². The first-order valence-corrected chi connectivity index (χ1v) is 10.6. The highest BCUT2D eigenvalue weighted by Crippen LogP contribution is 2.35. The molecule has 0 radical (unpaired) electrons. The van der Waals surface area contributed by atoms with E-state index in [9.17, 15) is 4.79 Å². The van der Waals surface area contributed by atoms with Crippen molar-refractivity contribution in [2.75, 3.05) is 29.0 Å². The van der Waals surface area contributed by atoms with Gasteiger partial charge < -0.3 is 19.5 Å². The molecule has 0 saturated carbocycles. The van der Waals surface area contributed by atoms with Crippen LogP contribution < -0.4 is 20.5 Å². The highest BCUT2D eigenvalue weighted by Gasteiger charge is 2.14. The zero-order chi connectivity index (χ0) is 21.8. The van der Waals surface area contributed by atoms with Crippen molar-refractivity contribution < 1.29 is 0 Å². The lowest BCUT2D eigenvalue weighted by molar-refractivity contribution is 0.853. The van der Waals surface area contributed by atoms with Crippen LogP contribution in [0.15, 0.2) is 65.4 Å². The standard InChI is InChI=1S/C24H28N4OS/c1-7-30-26-19-11-12-21(25-23-16(2)9-8-10-17(23)3)20(14-19)18-13-22(27(4)5)24(29)28(6)15-18/h7-15,25-26H,1H2,2-6H3. The Kier molecular flexibility index (Phi) is 6.57. The van der Waals surface area contributed by atoms with Crippen molar-refractivity contribution in [3.05, 3.63) is 82.1 Å². The quantitative estimate of drug-likeness (QED) is 0.482. The van der Waals surface area contributed by atoms with Gasteiger partial charge in [-0.05, 0) is 66.6 Å². The lowest BCUT2D eigenvalue weighted by Crippen LogP contribution is -2.25. The van der Waals surface area contributed by atoms with Gasteiger partial charge in [-0.15, -0.1) is 0 Å². The zero-order valence-corrected chi connectivity index (χ0v) is 18.9. The molecule has 1 heterocycles. The Morgan fingerprint density at radius 2 is 1.80 bits per heavy atom. The molecule has 0 amide bonds. The van der Waals surface area contributed by atoms with Crippen molar-refractivity contribution in [2.24, 2.45) is 7.05 Å². The van der Waals surface area contributed by atoms with Crippen molar-refractivity contribution >= 4 is 34.7 Å². The van der Waals surface area contributed by atoms with E-state index in [4.69, 9.17) is 0 Å². The van der Waals surface area contributed by atoms with Gasteiger partial charge in [0.2, 0.25) is 0 Å². The van der Waals surface area contributed by atoms with E-state index in [2.05, 4.69) is 60.8 Å². The minimum atomic E-state index is -0.0236. The summed E-state index contributed by atoms with van der Waals surface area (Å²) >= 11 is 1.42. The van der Waals surface area contributed by atoms with Gasteiger partial charge in [0.15, 0.2) is 0 Å². The largest absolute Gasteiger partial charge is 0.373 e. The molecule has 30 heavy (non-hydrogen) atoms. The predicted molar refractivity (Wildman–Crippen MR) is 132 cm³/mol. The molecule has 0 atom stereocenters. The SMILES string of the molecule is C=CSNc1ccc(Nc2c(C)cccc2C)c(-c2cc(N(C)C)c(=O)n(C)c2)c1.